The van der Waals surface area contributed by atoms with Crippen molar-refractivity contribution in [1.29, 1.82) is 0 Å². The summed E-state index contributed by atoms with van der Waals surface area (Å²) in [5, 5.41) is 3.02. The SMILES string of the molecule is CCC(CCN)CNC(=O)c1c(C)cccc1C. The average molecular weight is 248 g/mol. The Hall–Kier alpha value is -1.35. The van der Waals surface area contributed by atoms with E-state index in [9.17, 15) is 4.79 Å². The molecule has 18 heavy (non-hydrogen) atoms. The number of rotatable bonds is 6. The molecule has 0 fully saturated rings. The quantitative estimate of drug-likeness (QED) is 0.812. The van der Waals surface area contributed by atoms with Crippen LogP contribution in [0.3, 0.4) is 0 Å². The number of carbonyl (C=O) groups is 1. The van der Waals surface area contributed by atoms with Gasteiger partial charge in [0, 0.05) is 12.1 Å². The van der Waals surface area contributed by atoms with Crippen molar-refractivity contribution in [2.45, 2.75) is 33.6 Å². The van der Waals surface area contributed by atoms with Crippen LogP contribution in [0.15, 0.2) is 18.2 Å². The first-order valence-corrected chi connectivity index (χ1v) is 6.64. The van der Waals surface area contributed by atoms with Gasteiger partial charge in [0.2, 0.25) is 0 Å². The van der Waals surface area contributed by atoms with Gasteiger partial charge in [0.25, 0.3) is 5.91 Å². The predicted molar refractivity (Wildman–Crippen MR) is 75.7 cm³/mol. The monoisotopic (exact) mass is 248 g/mol. The van der Waals surface area contributed by atoms with Crippen LogP contribution < -0.4 is 11.1 Å². The number of carbonyl (C=O) groups excluding carboxylic acids is 1. The molecule has 0 heterocycles. The van der Waals surface area contributed by atoms with Gasteiger partial charge < -0.3 is 11.1 Å². The molecule has 3 nitrogen and oxygen atoms in total. The van der Waals surface area contributed by atoms with Crippen LogP contribution in [0.25, 0.3) is 0 Å². The van der Waals surface area contributed by atoms with Crippen LogP contribution in [0.5, 0.6) is 0 Å². The van der Waals surface area contributed by atoms with Crippen LogP contribution in [0.1, 0.15) is 41.3 Å². The van der Waals surface area contributed by atoms with Gasteiger partial charge in [-0.15, -0.1) is 0 Å². The molecule has 0 aromatic heterocycles. The van der Waals surface area contributed by atoms with E-state index in [-0.39, 0.29) is 5.91 Å². The van der Waals surface area contributed by atoms with Gasteiger partial charge in [-0.2, -0.15) is 0 Å². The van der Waals surface area contributed by atoms with Crippen molar-refractivity contribution in [3.63, 3.8) is 0 Å². The molecule has 1 atom stereocenters. The summed E-state index contributed by atoms with van der Waals surface area (Å²) >= 11 is 0. The zero-order chi connectivity index (χ0) is 13.5. The lowest BCUT2D eigenvalue weighted by molar-refractivity contribution is 0.0945. The minimum absolute atomic E-state index is 0.0288. The lowest BCUT2D eigenvalue weighted by atomic mass is 10.0. The second-order valence-electron chi connectivity index (χ2n) is 4.83. The molecule has 1 unspecified atom stereocenters. The van der Waals surface area contributed by atoms with E-state index in [0.717, 1.165) is 29.5 Å². The second-order valence-corrected chi connectivity index (χ2v) is 4.83. The molecule has 3 heteroatoms. The topological polar surface area (TPSA) is 55.1 Å². The maximum Gasteiger partial charge on any atom is 0.251 e. The molecule has 3 N–H and O–H groups in total. The molecular formula is C15H24N2O. The Bertz CT molecular complexity index is 381. The summed E-state index contributed by atoms with van der Waals surface area (Å²) in [6, 6.07) is 5.92. The molecule has 0 spiro atoms. The first kappa shape index (κ1) is 14.7. The third-order valence-corrected chi connectivity index (χ3v) is 3.41. The summed E-state index contributed by atoms with van der Waals surface area (Å²) < 4.78 is 0. The van der Waals surface area contributed by atoms with Gasteiger partial charge in [-0.3, -0.25) is 4.79 Å². The van der Waals surface area contributed by atoms with Crippen molar-refractivity contribution in [2.75, 3.05) is 13.1 Å². The summed E-state index contributed by atoms with van der Waals surface area (Å²) in [4.78, 5) is 12.2. The minimum atomic E-state index is 0.0288. The Labute approximate surface area is 110 Å². The van der Waals surface area contributed by atoms with Gasteiger partial charge in [-0.05, 0) is 43.9 Å². The molecule has 0 aliphatic carbocycles. The Morgan fingerprint density at radius 1 is 1.33 bits per heavy atom. The molecule has 0 radical (unpaired) electrons. The van der Waals surface area contributed by atoms with Crippen LogP contribution in [-0.2, 0) is 0 Å². The van der Waals surface area contributed by atoms with E-state index in [0.29, 0.717) is 19.0 Å². The molecule has 1 rings (SSSR count). The van der Waals surface area contributed by atoms with E-state index in [2.05, 4.69) is 12.2 Å². The number of amides is 1. The van der Waals surface area contributed by atoms with E-state index in [1.807, 2.05) is 32.0 Å². The van der Waals surface area contributed by atoms with Gasteiger partial charge in [-0.25, -0.2) is 0 Å². The molecule has 1 amide bonds. The first-order chi connectivity index (χ1) is 8.60. The molecule has 1 aromatic rings. The summed E-state index contributed by atoms with van der Waals surface area (Å²) in [5.74, 6) is 0.504. The molecule has 100 valence electrons. The standard InChI is InChI=1S/C15H24N2O/c1-4-13(8-9-16)10-17-15(18)14-11(2)6-5-7-12(14)3/h5-7,13H,4,8-10,16H2,1-3H3,(H,17,18). The maximum absolute atomic E-state index is 12.2. The zero-order valence-electron chi connectivity index (χ0n) is 11.6. The van der Waals surface area contributed by atoms with Gasteiger partial charge >= 0.3 is 0 Å². The van der Waals surface area contributed by atoms with Gasteiger partial charge in [-0.1, -0.05) is 31.5 Å². The van der Waals surface area contributed by atoms with Gasteiger partial charge in [0.05, 0.1) is 0 Å². The molecule has 0 aliphatic heterocycles. The summed E-state index contributed by atoms with van der Waals surface area (Å²) in [6.07, 6.45) is 2.01. The predicted octanol–water partition coefficient (Wildman–Crippen LogP) is 2.41. The highest BCUT2D eigenvalue weighted by Gasteiger charge is 2.13. The number of nitrogens with two attached hydrogens (primary N) is 1. The normalized spacial score (nSPS) is 12.2. The Morgan fingerprint density at radius 2 is 1.94 bits per heavy atom. The zero-order valence-corrected chi connectivity index (χ0v) is 11.6. The van der Waals surface area contributed by atoms with Crippen LogP contribution in [-0.4, -0.2) is 19.0 Å². The van der Waals surface area contributed by atoms with E-state index in [1.165, 1.54) is 0 Å². The molecule has 0 saturated carbocycles. The highest BCUT2D eigenvalue weighted by Crippen LogP contribution is 2.13. The number of hydrogen-bond acceptors (Lipinski definition) is 2. The van der Waals surface area contributed by atoms with Crippen molar-refractivity contribution < 1.29 is 4.79 Å². The smallest absolute Gasteiger partial charge is 0.251 e. The van der Waals surface area contributed by atoms with E-state index in [4.69, 9.17) is 5.73 Å². The average Bonchev–Trinajstić information content (AvgIpc) is 2.34. The van der Waals surface area contributed by atoms with Crippen molar-refractivity contribution in [1.82, 2.24) is 5.32 Å². The first-order valence-electron chi connectivity index (χ1n) is 6.64. The Balaban J connectivity index is 2.65. The van der Waals surface area contributed by atoms with Crippen molar-refractivity contribution in [2.24, 2.45) is 11.7 Å². The van der Waals surface area contributed by atoms with Gasteiger partial charge in [0.15, 0.2) is 0 Å². The molecule has 0 bridgehead atoms. The maximum atomic E-state index is 12.2. The Kier molecular flexibility index (Phi) is 5.86. The fourth-order valence-corrected chi connectivity index (χ4v) is 2.18. The lowest BCUT2D eigenvalue weighted by Crippen LogP contribution is -2.31. The fourth-order valence-electron chi connectivity index (χ4n) is 2.18. The van der Waals surface area contributed by atoms with Crippen LogP contribution in [0, 0.1) is 19.8 Å². The van der Waals surface area contributed by atoms with Crippen LogP contribution >= 0.6 is 0 Å². The summed E-state index contributed by atoms with van der Waals surface area (Å²) in [6.45, 7) is 7.46. The highest BCUT2D eigenvalue weighted by molar-refractivity contribution is 5.97. The van der Waals surface area contributed by atoms with Gasteiger partial charge in [0.1, 0.15) is 0 Å². The van der Waals surface area contributed by atoms with E-state index >= 15 is 0 Å². The third-order valence-electron chi connectivity index (χ3n) is 3.41. The van der Waals surface area contributed by atoms with E-state index < -0.39 is 0 Å². The summed E-state index contributed by atoms with van der Waals surface area (Å²) in [7, 11) is 0. The largest absolute Gasteiger partial charge is 0.352 e. The number of benzene rings is 1. The van der Waals surface area contributed by atoms with Crippen molar-refractivity contribution in [3.05, 3.63) is 34.9 Å². The molecule has 0 aliphatic rings. The third kappa shape index (κ3) is 3.84. The summed E-state index contributed by atoms with van der Waals surface area (Å²) in [5.41, 5.74) is 8.42. The molecular weight excluding hydrogens is 224 g/mol. The molecule has 1 aromatic carbocycles. The van der Waals surface area contributed by atoms with E-state index in [1.54, 1.807) is 0 Å². The lowest BCUT2D eigenvalue weighted by Gasteiger charge is -2.16. The number of hydrogen-bond donors (Lipinski definition) is 2. The number of aryl methyl sites for hydroxylation is 2. The minimum Gasteiger partial charge on any atom is -0.352 e. The molecule has 0 saturated heterocycles. The fraction of sp³-hybridized carbons (Fsp3) is 0.533. The second kappa shape index (κ2) is 7.17. The van der Waals surface area contributed by atoms with Crippen LogP contribution in [0.2, 0.25) is 0 Å². The number of nitrogens with one attached hydrogen (secondary N) is 1. The van der Waals surface area contributed by atoms with Crippen molar-refractivity contribution in [3.8, 4) is 0 Å². The Morgan fingerprint density at radius 3 is 2.44 bits per heavy atom. The van der Waals surface area contributed by atoms with Crippen molar-refractivity contribution >= 4 is 5.91 Å². The highest BCUT2D eigenvalue weighted by atomic mass is 16.1. The van der Waals surface area contributed by atoms with Crippen LogP contribution in [0.4, 0.5) is 0 Å².